The minimum absolute atomic E-state index is 0.0979. The first-order valence-corrected chi connectivity index (χ1v) is 9.26. The summed E-state index contributed by atoms with van der Waals surface area (Å²) >= 11 is 0. The Balaban J connectivity index is 1.50. The number of hydrogen-bond acceptors (Lipinski definition) is 6. The largest absolute Gasteiger partial charge is 0.495 e. The van der Waals surface area contributed by atoms with Crippen molar-refractivity contribution in [3.63, 3.8) is 0 Å². The molecule has 2 aromatic heterocycles. The van der Waals surface area contributed by atoms with Crippen molar-refractivity contribution in [2.24, 2.45) is 0 Å². The summed E-state index contributed by atoms with van der Waals surface area (Å²) in [6, 6.07) is 10.5. The Morgan fingerprint density at radius 2 is 1.97 bits per heavy atom. The highest BCUT2D eigenvalue weighted by atomic mass is 19.4. The molecule has 0 fully saturated rings. The van der Waals surface area contributed by atoms with E-state index in [0.717, 1.165) is 23.5 Å². The zero-order valence-corrected chi connectivity index (χ0v) is 16.6. The number of rotatable bonds is 6. The van der Waals surface area contributed by atoms with E-state index in [9.17, 15) is 13.2 Å². The SMILES string of the molecule is COc1cc(-c2nnc(NCc3cccc(C(F)(F)F)c3)o2)ccc1-n1cnc(C)c1. The molecule has 2 heterocycles. The first kappa shape index (κ1) is 20.5. The summed E-state index contributed by atoms with van der Waals surface area (Å²) in [5.41, 5.74) is 2.04. The van der Waals surface area contributed by atoms with Crippen LogP contribution in [0, 0.1) is 6.92 Å². The Kier molecular flexibility index (Phi) is 5.37. The lowest BCUT2D eigenvalue weighted by atomic mass is 10.1. The van der Waals surface area contributed by atoms with Crippen LogP contribution in [0.2, 0.25) is 0 Å². The molecule has 7 nitrogen and oxygen atoms in total. The molecule has 1 N–H and O–H groups in total. The van der Waals surface area contributed by atoms with E-state index < -0.39 is 11.7 Å². The van der Waals surface area contributed by atoms with Crippen molar-refractivity contribution >= 4 is 6.01 Å². The van der Waals surface area contributed by atoms with Crippen molar-refractivity contribution in [2.45, 2.75) is 19.6 Å². The molecule has 0 bridgehead atoms. The third-order valence-corrected chi connectivity index (χ3v) is 4.54. The Hall–Kier alpha value is -3.82. The van der Waals surface area contributed by atoms with E-state index in [1.165, 1.54) is 6.07 Å². The van der Waals surface area contributed by atoms with Crippen molar-refractivity contribution < 1.29 is 22.3 Å². The van der Waals surface area contributed by atoms with Gasteiger partial charge in [-0.2, -0.15) is 13.2 Å². The van der Waals surface area contributed by atoms with E-state index in [1.807, 2.05) is 23.8 Å². The number of aryl methyl sites for hydroxylation is 1. The normalized spacial score (nSPS) is 11.5. The molecule has 0 unspecified atom stereocenters. The maximum Gasteiger partial charge on any atom is 0.416 e. The van der Waals surface area contributed by atoms with Crippen molar-refractivity contribution in [2.75, 3.05) is 12.4 Å². The van der Waals surface area contributed by atoms with Gasteiger partial charge >= 0.3 is 12.2 Å². The van der Waals surface area contributed by atoms with Gasteiger partial charge in [0.1, 0.15) is 5.75 Å². The van der Waals surface area contributed by atoms with E-state index in [-0.39, 0.29) is 18.5 Å². The Labute approximate surface area is 175 Å². The summed E-state index contributed by atoms with van der Waals surface area (Å²) in [5, 5.41) is 10.8. The molecule has 0 atom stereocenters. The molecule has 0 saturated heterocycles. The number of anilines is 1. The second-order valence-corrected chi connectivity index (χ2v) is 6.77. The van der Waals surface area contributed by atoms with Crippen molar-refractivity contribution in [3.05, 3.63) is 71.8 Å². The summed E-state index contributed by atoms with van der Waals surface area (Å²) < 4.78 is 51.5. The van der Waals surface area contributed by atoms with Gasteiger partial charge < -0.3 is 19.0 Å². The monoisotopic (exact) mass is 429 g/mol. The van der Waals surface area contributed by atoms with E-state index >= 15 is 0 Å². The number of halogens is 3. The maximum atomic E-state index is 12.8. The maximum absolute atomic E-state index is 12.8. The average molecular weight is 429 g/mol. The number of nitrogens with one attached hydrogen (secondary N) is 1. The second-order valence-electron chi connectivity index (χ2n) is 6.77. The molecule has 160 valence electrons. The summed E-state index contributed by atoms with van der Waals surface area (Å²) in [4.78, 5) is 4.21. The molecule has 0 amide bonds. The van der Waals surface area contributed by atoms with Gasteiger partial charge in [-0.25, -0.2) is 4.98 Å². The average Bonchev–Trinajstić information content (AvgIpc) is 3.40. The lowest BCUT2D eigenvalue weighted by Gasteiger charge is -2.10. The molecule has 0 aliphatic heterocycles. The third kappa shape index (κ3) is 4.52. The van der Waals surface area contributed by atoms with Crippen LogP contribution in [0.3, 0.4) is 0 Å². The molecule has 0 radical (unpaired) electrons. The predicted octanol–water partition coefficient (Wildman–Crippen LogP) is 4.87. The van der Waals surface area contributed by atoms with Crippen LogP contribution in [0.25, 0.3) is 17.1 Å². The minimum atomic E-state index is -4.39. The van der Waals surface area contributed by atoms with Crippen molar-refractivity contribution in [1.82, 2.24) is 19.7 Å². The van der Waals surface area contributed by atoms with Gasteiger partial charge in [0.05, 0.1) is 30.4 Å². The lowest BCUT2D eigenvalue weighted by Crippen LogP contribution is -2.06. The van der Waals surface area contributed by atoms with E-state index in [0.29, 0.717) is 16.9 Å². The molecular formula is C21H18F3N5O2. The van der Waals surface area contributed by atoms with E-state index in [1.54, 1.807) is 31.6 Å². The first-order valence-electron chi connectivity index (χ1n) is 9.26. The number of benzene rings is 2. The molecule has 10 heteroatoms. The minimum Gasteiger partial charge on any atom is -0.495 e. The zero-order chi connectivity index (χ0) is 22.0. The Bertz CT molecular complexity index is 1200. The number of ether oxygens (including phenoxy) is 1. The molecule has 0 saturated carbocycles. The summed E-state index contributed by atoms with van der Waals surface area (Å²) in [5.74, 6) is 0.838. The van der Waals surface area contributed by atoms with Gasteiger partial charge in [0.25, 0.3) is 0 Å². The highest BCUT2D eigenvalue weighted by molar-refractivity contribution is 5.62. The van der Waals surface area contributed by atoms with Gasteiger partial charge in [0.2, 0.25) is 5.89 Å². The van der Waals surface area contributed by atoms with E-state index in [4.69, 9.17) is 9.15 Å². The number of imidazole rings is 1. The Morgan fingerprint density at radius 3 is 2.68 bits per heavy atom. The fourth-order valence-electron chi connectivity index (χ4n) is 3.02. The number of methoxy groups -OCH3 is 1. The topological polar surface area (TPSA) is 78.0 Å². The second kappa shape index (κ2) is 8.13. The van der Waals surface area contributed by atoms with Crippen LogP contribution in [-0.4, -0.2) is 26.9 Å². The van der Waals surface area contributed by atoms with Crippen LogP contribution in [0.15, 0.2) is 59.4 Å². The molecule has 4 aromatic rings. The highest BCUT2D eigenvalue weighted by Crippen LogP contribution is 2.31. The van der Waals surface area contributed by atoms with Gasteiger partial charge in [-0.05, 0) is 42.8 Å². The molecule has 31 heavy (non-hydrogen) atoms. The lowest BCUT2D eigenvalue weighted by molar-refractivity contribution is -0.137. The molecule has 0 aliphatic carbocycles. The van der Waals surface area contributed by atoms with Gasteiger partial charge in [-0.1, -0.05) is 17.2 Å². The molecular weight excluding hydrogens is 411 g/mol. The number of aromatic nitrogens is 4. The predicted molar refractivity (Wildman–Crippen MR) is 107 cm³/mol. The third-order valence-electron chi connectivity index (χ3n) is 4.54. The highest BCUT2D eigenvalue weighted by Gasteiger charge is 2.30. The van der Waals surface area contributed by atoms with Crippen LogP contribution < -0.4 is 10.1 Å². The summed E-state index contributed by atoms with van der Waals surface area (Å²) in [6.45, 7) is 2.00. The van der Waals surface area contributed by atoms with Crippen LogP contribution >= 0.6 is 0 Å². The van der Waals surface area contributed by atoms with Gasteiger partial charge in [-0.3, -0.25) is 0 Å². The van der Waals surface area contributed by atoms with Gasteiger partial charge in [0.15, 0.2) is 0 Å². The van der Waals surface area contributed by atoms with Crippen LogP contribution in [0.1, 0.15) is 16.8 Å². The number of hydrogen-bond donors (Lipinski definition) is 1. The van der Waals surface area contributed by atoms with Gasteiger partial charge in [0, 0.05) is 18.3 Å². The zero-order valence-electron chi connectivity index (χ0n) is 16.6. The first-order chi connectivity index (χ1) is 14.8. The quantitative estimate of drug-likeness (QED) is 0.471. The molecule has 2 aromatic carbocycles. The molecule has 0 spiro atoms. The molecule has 4 rings (SSSR count). The number of alkyl halides is 3. The Morgan fingerprint density at radius 1 is 1.13 bits per heavy atom. The van der Waals surface area contributed by atoms with E-state index in [2.05, 4.69) is 20.5 Å². The summed E-state index contributed by atoms with van der Waals surface area (Å²) in [7, 11) is 1.56. The van der Waals surface area contributed by atoms with Crippen LogP contribution in [0.4, 0.5) is 19.2 Å². The molecule has 0 aliphatic rings. The van der Waals surface area contributed by atoms with Crippen molar-refractivity contribution in [1.29, 1.82) is 0 Å². The standard InChI is InChI=1S/C21H18F3N5O2/c1-13-11-29(12-26-13)17-7-6-15(9-18(17)30-2)19-27-28-20(31-19)25-10-14-4-3-5-16(8-14)21(22,23)24/h3-9,11-12H,10H2,1-2H3,(H,25,28). The van der Waals surface area contributed by atoms with Crippen molar-refractivity contribution in [3.8, 4) is 22.9 Å². The summed E-state index contributed by atoms with van der Waals surface area (Å²) in [6.07, 6.45) is -0.830. The van der Waals surface area contributed by atoms with Gasteiger partial charge in [-0.15, -0.1) is 5.10 Å². The smallest absolute Gasteiger partial charge is 0.416 e. The number of nitrogens with zero attached hydrogens (tertiary/aromatic N) is 4. The fourth-order valence-corrected chi connectivity index (χ4v) is 3.02. The van der Waals surface area contributed by atoms with Crippen LogP contribution in [0.5, 0.6) is 5.75 Å². The van der Waals surface area contributed by atoms with Crippen LogP contribution in [-0.2, 0) is 12.7 Å². The fraction of sp³-hybridized carbons (Fsp3) is 0.190.